The summed E-state index contributed by atoms with van der Waals surface area (Å²) in [5.41, 5.74) is 1.02. The maximum Gasteiger partial charge on any atom is 0.230 e. The first-order valence-electron chi connectivity index (χ1n) is 9.11. The Morgan fingerprint density at radius 1 is 1.38 bits per heavy atom. The van der Waals surface area contributed by atoms with Crippen LogP contribution in [0.4, 0.5) is 0 Å². The second-order valence-corrected chi connectivity index (χ2v) is 8.01. The topological polar surface area (TPSA) is 45.7 Å². The molecule has 5 nitrogen and oxygen atoms in total. The Hall–Kier alpha value is -0.980. The second-order valence-electron chi connectivity index (χ2n) is 7.07. The number of likely N-dealkylation sites (tertiary alicyclic amines) is 2. The van der Waals surface area contributed by atoms with E-state index >= 15 is 0 Å². The lowest BCUT2D eigenvalue weighted by atomic mass is 9.78. The van der Waals surface area contributed by atoms with Crippen LogP contribution in [0.2, 0.25) is 0 Å². The molecule has 3 heterocycles. The lowest BCUT2D eigenvalue weighted by Gasteiger charge is -2.39. The molecule has 0 aromatic carbocycles. The van der Waals surface area contributed by atoms with Crippen LogP contribution in [0.5, 0.6) is 0 Å². The highest BCUT2D eigenvalue weighted by Crippen LogP contribution is 2.40. The molecule has 1 atom stereocenters. The molecule has 0 N–H and O–H groups in total. The van der Waals surface area contributed by atoms with Gasteiger partial charge in [0.2, 0.25) is 5.91 Å². The molecule has 6 heteroatoms. The van der Waals surface area contributed by atoms with Gasteiger partial charge in [0.1, 0.15) is 0 Å². The second kappa shape index (κ2) is 7.93. The smallest absolute Gasteiger partial charge is 0.230 e. The first kappa shape index (κ1) is 17.8. The Balaban J connectivity index is 1.58. The van der Waals surface area contributed by atoms with Crippen molar-refractivity contribution in [2.75, 3.05) is 39.9 Å². The van der Waals surface area contributed by atoms with E-state index in [9.17, 15) is 4.79 Å². The molecule has 2 aliphatic rings. The summed E-state index contributed by atoms with van der Waals surface area (Å²) in [6.07, 6.45) is 5.10. The van der Waals surface area contributed by atoms with Crippen LogP contribution in [0.1, 0.15) is 43.3 Å². The Labute approximate surface area is 149 Å². The van der Waals surface area contributed by atoms with E-state index in [4.69, 9.17) is 4.74 Å². The van der Waals surface area contributed by atoms with Crippen LogP contribution in [-0.4, -0.2) is 60.6 Å². The van der Waals surface area contributed by atoms with Crippen LogP contribution < -0.4 is 0 Å². The predicted octanol–water partition coefficient (Wildman–Crippen LogP) is 2.56. The van der Waals surface area contributed by atoms with E-state index in [-0.39, 0.29) is 5.41 Å². The fourth-order valence-electron chi connectivity index (χ4n) is 4.05. The molecule has 0 saturated carbocycles. The van der Waals surface area contributed by atoms with Crippen LogP contribution in [0, 0.1) is 5.41 Å². The summed E-state index contributed by atoms with van der Waals surface area (Å²) in [5, 5.41) is 3.38. The molecule has 0 radical (unpaired) electrons. The van der Waals surface area contributed by atoms with Crippen LogP contribution in [0.3, 0.4) is 0 Å². The van der Waals surface area contributed by atoms with Crippen molar-refractivity contribution >= 4 is 17.2 Å². The minimum absolute atomic E-state index is 0.144. The lowest BCUT2D eigenvalue weighted by Crippen LogP contribution is -2.50. The van der Waals surface area contributed by atoms with Gasteiger partial charge in [0.15, 0.2) is 0 Å². The molecule has 3 rings (SSSR count). The van der Waals surface area contributed by atoms with Crippen LogP contribution in [0.25, 0.3) is 0 Å². The Morgan fingerprint density at radius 2 is 2.25 bits per heavy atom. The zero-order chi connectivity index (χ0) is 17.0. The van der Waals surface area contributed by atoms with Gasteiger partial charge in [0.05, 0.1) is 16.1 Å². The number of nitrogens with zero attached hydrogens (tertiary/aromatic N) is 3. The number of methoxy groups -OCH3 is 1. The molecule has 2 saturated heterocycles. The van der Waals surface area contributed by atoms with E-state index in [0.717, 1.165) is 77.1 Å². The maximum absolute atomic E-state index is 13.0. The molecule has 1 spiro atoms. The fourth-order valence-corrected chi connectivity index (χ4v) is 4.79. The van der Waals surface area contributed by atoms with Gasteiger partial charge in [0, 0.05) is 45.3 Å². The maximum atomic E-state index is 13.0. The van der Waals surface area contributed by atoms with Crippen LogP contribution >= 0.6 is 11.3 Å². The summed E-state index contributed by atoms with van der Waals surface area (Å²) in [6, 6.07) is 0. The third-order valence-corrected chi connectivity index (χ3v) is 6.36. The van der Waals surface area contributed by atoms with Crippen molar-refractivity contribution < 1.29 is 9.53 Å². The van der Waals surface area contributed by atoms with Crippen LogP contribution in [0.15, 0.2) is 5.38 Å². The van der Waals surface area contributed by atoms with Crippen molar-refractivity contribution in [2.24, 2.45) is 5.41 Å². The molecule has 2 aliphatic heterocycles. The number of hydrogen-bond acceptors (Lipinski definition) is 5. The average Bonchev–Trinajstić information content (AvgIpc) is 3.20. The van der Waals surface area contributed by atoms with Crippen LogP contribution in [-0.2, 0) is 22.5 Å². The molecule has 0 aliphatic carbocycles. The van der Waals surface area contributed by atoms with Gasteiger partial charge < -0.3 is 9.64 Å². The number of rotatable bonds is 7. The Bertz CT molecular complexity index is 562. The summed E-state index contributed by atoms with van der Waals surface area (Å²) in [7, 11) is 1.72. The molecule has 0 unspecified atom stereocenters. The van der Waals surface area contributed by atoms with Gasteiger partial charge in [-0.15, -0.1) is 11.3 Å². The van der Waals surface area contributed by atoms with E-state index in [2.05, 4.69) is 27.1 Å². The first-order valence-corrected chi connectivity index (χ1v) is 9.99. The highest BCUT2D eigenvalue weighted by Gasteiger charge is 2.48. The molecule has 24 heavy (non-hydrogen) atoms. The normalized spacial score (nSPS) is 25.1. The highest BCUT2D eigenvalue weighted by molar-refractivity contribution is 7.09. The number of aryl methyl sites for hydroxylation is 1. The van der Waals surface area contributed by atoms with Gasteiger partial charge in [-0.1, -0.05) is 6.92 Å². The summed E-state index contributed by atoms with van der Waals surface area (Å²) < 4.78 is 5.13. The van der Waals surface area contributed by atoms with E-state index in [1.165, 1.54) is 5.01 Å². The van der Waals surface area contributed by atoms with Crippen molar-refractivity contribution in [3.63, 3.8) is 0 Å². The number of thiazole rings is 1. The van der Waals surface area contributed by atoms with Gasteiger partial charge in [0.25, 0.3) is 0 Å². The van der Waals surface area contributed by atoms with Crippen molar-refractivity contribution in [1.82, 2.24) is 14.8 Å². The standard InChI is InChI=1S/C18H29N3O2S/c1-3-16-19-15(13-24-16)12-20-10-7-18(14-20)6-4-8-21(17(18)22)9-5-11-23-2/h13H,3-12,14H2,1-2H3/t18-/m0/s1. The monoisotopic (exact) mass is 351 g/mol. The fraction of sp³-hybridized carbons (Fsp3) is 0.778. The van der Waals surface area contributed by atoms with Crippen molar-refractivity contribution in [3.8, 4) is 0 Å². The van der Waals surface area contributed by atoms with Gasteiger partial charge in [-0.05, 0) is 38.6 Å². The number of carbonyl (C=O) groups excluding carboxylic acids is 1. The molecule has 1 aromatic rings. The Morgan fingerprint density at radius 3 is 3.00 bits per heavy atom. The third kappa shape index (κ3) is 3.81. The number of piperidine rings is 1. The summed E-state index contributed by atoms with van der Waals surface area (Å²) >= 11 is 1.75. The van der Waals surface area contributed by atoms with E-state index in [0.29, 0.717) is 5.91 Å². The summed E-state index contributed by atoms with van der Waals surface area (Å²) in [6.45, 7) is 7.41. The minimum Gasteiger partial charge on any atom is -0.385 e. The van der Waals surface area contributed by atoms with Crippen molar-refractivity contribution in [2.45, 2.75) is 45.6 Å². The zero-order valence-corrected chi connectivity index (χ0v) is 15.7. The molecular formula is C18H29N3O2S. The largest absolute Gasteiger partial charge is 0.385 e. The van der Waals surface area contributed by atoms with Crippen molar-refractivity contribution in [1.29, 1.82) is 0 Å². The number of aromatic nitrogens is 1. The Kier molecular flexibility index (Phi) is 5.89. The predicted molar refractivity (Wildman–Crippen MR) is 96.1 cm³/mol. The first-order chi connectivity index (χ1) is 11.7. The summed E-state index contributed by atoms with van der Waals surface area (Å²) in [5.74, 6) is 0.375. The highest BCUT2D eigenvalue weighted by atomic mass is 32.1. The molecule has 2 fully saturated rings. The van der Waals surface area contributed by atoms with Gasteiger partial charge in [-0.3, -0.25) is 9.69 Å². The molecule has 134 valence electrons. The summed E-state index contributed by atoms with van der Waals surface area (Å²) in [4.78, 5) is 22.2. The number of carbonyl (C=O) groups is 1. The number of amides is 1. The molecule has 1 amide bonds. The quantitative estimate of drug-likeness (QED) is 0.708. The zero-order valence-electron chi connectivity index (χ0n) is 14.9. The van der Waals surface area contributed by atoms with Crippen molar-refractivity contribution in [3.05, 3.63) is 16.1 Å². The minimum atomic E-state index is -0.144. The number of ether oxygens (including phenoxy) is 1. The molecule has 1 aromatic heterocycles. The van der Waals surface area contributed by atoms with Gasteiger partial charge in [-0.25, -0.2) is 4.98 Å². The van der Waals surface area contributed by atoms with E-state index < -0.39 is 0 Å². The SMILES string of the molecule is CCc1nc(CN2CC[C@@]3(CCCN(CCCOC)C3=O)C2)cs1. The van der Waals surface area contributed by atoms with E-state index in [1.54, 1.807) is 18.4 Å². The van der Waals surface area contributed by atoms with E-state index in [1.807, 2.05) is 0 Å². The van der Waals surface area contributed by atoms with Gasteiger partial charge >= 0.3 is 0 Å². The average molecular weight is 352 g/mol. The van der Waals surface area contributed by atoms with Gasteiger partial charge in [-0.2, -0.15) is 0 Å². The molecular weight excluding hydrogens is 322 g/mol. The lowest BCUT2D eigenvalue weighted by molar-refractivity contribution is -0.145. The molecule has 0 bridgehead atoms. The third-order valence-electron chi connectivity index (χ3n) is 5.32. The number of hydrogen-bond donors (Lipinski definition) is 0.